The first kappa shape index (κ1) is 24.1. The van der Waals surface area contributed by atoms with Gasteiger partial charge in [0.2, 0.25) is 0 Å². The molecule has 0 unspecified atom stereocenters. The molecule has 0 radical (unpaired) electrons. The zero-order valence-corrected chi connectivity index (χ0v) is 19.7. The highest BCUT2D eigenvalue weighted by Gasteiger charge is 2.15. The molecule has 1 heterocycles. The van der Waals surface area contributed by atoms with Gasteiger partial charge in [-0.1, -0.05) is 36.0 Å². The van der Waals surface area contributed by atoms with Gasteiger partial charge in [0.25, 0.3) is 11.6 Å². The molecule has 0 bridgehead atoms. The van der Waals surface area contributed by atoms with Crippen molar-refractivity contribution in [2.45, 2.75) is 30.9 Å². The molecule has 35 heavy (non-hydrogen) atoms. The second-order valence-electron chi connectivity index (χ2n) is 7.65. The summed E-state index contributed by atoms with van der Waals surface area (Å²) in [6.45, 7) is 2.96. The second-order valence-corrected chi connectivity index (χ2v) is 8.59. The van der Waals surface area contributed by atoms with Crippen LogP contribution in [-0.2, 0) is 18.8 Å². The molecule has 0 saturated heterocycles. The van der Waals surface area contributed by atoms with Gasteiger partial charge in [-0.2, -0.15) is 0 Å². The van der Waals surface area contributed by atoms with Crippen LogP contribution < -0.4 is 5.32 Å². The van der Waals surface area contributed by atoms with Crippen molar-refractivity contribution in [3.05, 3.63) is 105 Å². The van der Waals surface area contributed by atoms with E-state index >= 15 is 0 Å². The number of nitrogens with one attached hydrogen (secondary N) is 1. The number of thioether (sulfide) groups is 1. The molecule has 0 saturated carbocycles. The fraction of sp³-hybridized carbons (Fsp3) is 0.160. The first-order valence-corrected chi connectivity index (χ1v) is 11.9. The number of carbonyl (C=O) groups excluding carboxylic acids is 1. The third-order valence-corrected chi connectivity index (χ3v) is 6.36. The van der Waals surface area contributed by atoms with E-state index in [2.05, 4.69) is 15.5 Å². The van der Waals surface area contributed by atoms with Crippen LogP contribution >= 0.6 is 11.8 Å². The van der Waals surface area contributed by atoms with E-state index in [4.69, 9.17) is 0 Å². The van der Waals surface area contributed by atoms with Gasteiger partial charge >= 0.3 is 0 Å². The van der Waals surface area contributed by atoms with E-state index in [0.29, 0.717) is 30.2 Å². The number of hydrogen-bond acceptors (Lipinski definition) is 6. The largest absolute Gasteiger partial charge is 0.348 e. The predicted octanol–water partition coefficient (Wildman–Crippen LogP) is 5.23. The molecule has 8 nitrogen and oxygen atoms in total. The van der Waals surface area contributed by atoms with Gasteiger partial charge in [0.1, 0.15) is 5.82 Å². The van der Waals surface area contributed by atoms with Gasteiger partial charge in [-0.15, -0.1) is 10.2 Å². The number of nitrogens with zero attached hydrogens (tertiary/aromatic N) is 4. The number of hydrogen-bond donors (Lipinski definition) is 1. The molecule has 0 fully saturated rings. The lowest BCUT2D eigenvalue weighted by Crippen LogP contribution is -2.22. The quantitative estimate of drug-likeness (QED) is 0.195. The van der Waals surface area contributed by atoms with E-state index in [-0.39, 0.29) is 17.4 Å². The van der Waals surface area contributed by atoms with E-state index < -0.39 is 4.92 Å². The Morgan fingerprint density at radius 2 is 1.66 bits per heavy atom. The normalized spacial score (nSPS) is 10.8. The Morgan fingerprint density at radius 1 is 1.00 bits per heavy atom. The second kappa shape index (κ2) is 10.9. The van der Waals surface area contributed by atoms with Crippen molar-refractivity contribution in [1.29, 1.82) is 0 Å². The van der Waals surface area contributed by atoms with Gasteiger partial charge in [0.15, 0.2) is 11.0 Å². The highest BCUT2D eigenvalue weighted by Crippen LogP contribution is 2.27. The maximum absolute atomic E-state index is 13.0. The summed E-state index contributed by atoms with van der Waals surface area (Å²) in [5, 5.41) is 23.0. The van der Waals surface area contributed by atoms with Crippen LogP contribution in [0.25, 0.3) is 11.4 Å². The molecule has 0 spiro atoms. The van der Waals surface area contributed by atoms with Crippen molar-refractivity contribution in [1.82, 2.24) is 20.1 Å². The standard InChI is InChI=1S/C25H22FN5O3S/c1-2-30-23(19-9-13-22(14-10-19)31(33)34)28-29-25(30)35-16-18-3-7-20(8-4-18)24(32)27-15-17-5-11-21(26)12-6-17/h3-14H,2,15-16H2,1H3,(H,27,32). The molecule has 10 heteroatoms. The highest BCUT2D eigenvalue weighted by molar-refractivity contribution is 7.98. The summed E-state index contributed by atoms with van der Waals surface area (Å²) in [6.07, 6.45) is 0. The van der Waals surface area contributed by atoms with Gasteiger partial charge in [-0.25, -0.2) is 4.39 Å². The Bertz CT molecular complexity index is 1320. The van der Waals surface area contributed by atoms with Gasteiger partial charge in [0, 0.05) is 42.1 Å². The highest BCUT2D eigenvalue weighted by atomic mass is 32.2. The zero-order valence-electron chi connectivity index (χ0n) is 18.8. The minimum absolute atomic E-state index is 0.0264. The van der Waals surface area contributed by atoms with E-state index in [1.54, 1.807) is 36.4 Å². The van der Waals surface area contributed by atoms with E-state index in [1.807, 2.05) is 23.6 Å². The van der Waals surface area contributed by atoms with Crippen LogP contribution in [0.4, 0.5) is 10.1 Å². The van der Waals surface area contributed by atoms with Crippen LogP contribution in [0.2, 0.25) is 0 Å². The number of nitro benzene ring substituents is 1. The van der Waals surface area contributed by atoms with Crippen molar-refractivity contribution < 1.29 is 14.1 Å². The van der Waals surface area contributed by atoms with Crippen molar-refractivity contribution in [3.8, 4) is 11.4 Å². The number of rotatable bonds is 9. The monoisotopic (exact) mass is 491 g/mol. The summed E-state index contributed by atoms with van der Waals surface area (Å²) < 4.78 is 15.0. The number of amides is 1. The average Bonchev–Trinajstić information content (AvgIpc) is 3.30. The molecule has 4 rings (SSSR count). The third kappa shape index (κ3) is 5.90. The van der Waals surface area contributed by atoms with Crippen LogP contribution in [-0.4, -0.2) is 25.6 Å². The molecule has 1 amide bonds. The summed E-state index contributed by atoms with van der Waals surface area (Å²) in [6, 6.07) is 19.6. The summed E-state index contributed by atoms with van der Waals surface area (Å²) in [5.41, 5.74) is 3.16. The molecule has 0 aliphatic carbocycles. The lowest BCUT2D eigenvalue weighted by Gasteiger charge is -2.08. The number of halogens is 1. The van der Waals surface area contributed by atoms with E-state index in [0.717, 1.165) is 21.8 Å². The maximum atomic E-state index is 13.0. The Kier molecular flexibility index (Phi) is 7.51. The topological polar surface area (TPSA) is 103 Å². The van der Waals surface area contributed by atoms with Gasteiger partial charge in [-0.05, 0) is 54.4 Å². The first-order valence-electron chi connectivity index (χ1n) is 10.9. The summed E-state index contributed by atoms with van der Waals surface area (Å²) in [4.78, 5) is 22.9. The third-order valence-electron chi connectivity index (χ3n) is 5.32. The van der Waals surface area contributed by atoms with Gasteiger partial charge in [0.05, 0.1) is 4.92 Å². The number of non-ortho nitro benzene ring substituents is 1. The lowest BCUT2D eigenvalue weighted by atomic mass is 10.1. The van der Waals surface area contributed by atoms with Crippen LogP contribution in [0.3, 0.4) is 0 Å². The Hall–Kier alpha value is -4.05. The summed E-state index contributed by atoms with van der Waals surface area (Å²) in [5.74, 6) is 0.772. The Labute approximate surface area is 205 Å². The molecular formula is C25H22FN5O3S. The van der Waals surface area contributed by atoms with Crippen LogP contribution in [0.15, 0.2) is 78.0 Å². The summed E-state index contributed by atoms with van der Waals surface area (Å²) >= 11 is 1.52. The van der Waals surface area contributed by atoms with Crippen molar-refractivity contribution in [2.24, 2.45) is 0 Å². The predicted molar refractivity (Wildman–Crippen MR) is 131 cm³/mol. The van der Waals surface area contributed by atoms with Gasteiger partial charge < -0.3 is 9.88 Å². The van der Waals surface area contributed by atoms with Crippen LogP contribution in [0.5, 0.6) is 0 Å². The lowest BCUT2D eigenvalue weighted by molar-refractivity contribution is -0.384. The van der Waals surface area contributed by atoms with Crippen molar-refractivity contribution >= 4 is 23.4 Å². The molecule has 3 aromatic carbocycles. The Morgan fingerprint density at radius 3 is 2.29 bits per heavy atom. The molecule has 1 N–H and O–H groups in total. The van der Waals surface area contributed by atoms with Crippen molar-refractivity contribution in [2.75, 3.05) is 0 Å². The molecule has 0 aliphatic rings. The minimum Gasteiger partial charge on any atom is -0.348 e. The van der Waals surface area contributed by atoms with E-state index in [1.165, 1.54) is 36.0 Å². The number of nitro groups is 1. The molecule has 4 aromatic rings. The maximum Gasteiger partial charge on any atom is 0.269 e. The average molecular weight is 492 g/mol. The Balaban J connectivity index is 1.36. The van der Waals surface area contributed by atoms with E-state index in [9.17, 15) is 19.3 Å². The zero-order chi connectivity index (χ0) is 24.8. The number of benzene rings is 3. The van der Waals surface area contributed by atoms with Gasteiger partial charge in [-0.3, -0.25) is 14.9 Å². The fourth-order valence-electron chi connectivity index (χ4n) is 3.41. The van der Waals surface area contributed by atoms with Crippen LogP contribution in [0, 0.1) is 15.9 Å². The molecule has 0 aliphatic heterocycles. The molecule has 0 atom stereocenters. The molecular weight excluding hydrogens is 469 g/mol. The number of aromatic nitrogens is 3. The summed E-state index contributed by atoms with van der Waals surface area (Å²) in [7, 11) is 0. The fourth-order valence-corrected chi connectivity index (χ4v) is 4.37. The first-order chi connectivity index (χ1) is 16.9. The molecule has 1 aromatic heterocycles. The molecule has 178 valence electrons. The van der Waals surface area contributed by atoms with Crippen molar-refractivity contribution in [3.63, 3.8) is 0 Å². The van der Waals surface area contributed by atoms with Crippen LogP contribution in [0.1, 0.15) is 28.4 Å². The minimum atomic E-state index is -0.434. The number of carbonyl (C=O) groups is 1. The SMILES string of the molecule is CCn1c(SCc2ccc(C(=O)NCc3ccc(F)cc3)cc2)nnc1-c1ccc([N+](=O)[O-])cc1. The smallest absolute Gasteiger partial charge is 0.269 e.